The molecule has 3 aromatic carbocycles. The van der Waals surface area contributed by atoms with Gasteiger partial charge in [-0.1, -0.05) is 12.1 Å². The molecule has 294 valence electrons. The van der Waals surface area contributed by atoms with Crippen molar-refractivity contribution in [1.82, 2.24) is 0 Å². The number of aliphatic hydroxyl groups excluding tert-OH is 7. The van der Waals surface area contributed by atoms with E-state index in [4.69, 9.17) is 28.1 Å². The van der Waals surface area contributed by atoms with Crippen molar-refractivity contribution in [1.29, 1.82) is 0 Å². The van der Waals surface area contributed by atoms with Crippen molar-refractivity contribution in [3.8, 4) is 45.8 Å². The lowest BCUT2D eigenvalue weighted by Gasteiger charge is -2.39. The molecule has 19 heteroatoms. The maximum atomic E-state index is 14.0. The van der Waals surface area contributed by atoms with Crippen LogP contribution in [-0.2, 0) is 19.0 Å². The molecule has 55 heavy (non-hydrogen) atoms. The first-order valence-corrected chi connectivity index (χ1v) is 16.5. The smallest absolute Gasteiger partial charge is 0.330 e. The normalized spacial score (nSPS) is 28.3. The largest absolute Gasteiger partial charge is 0.508 e. The second-order valence-electron chi connectivity index (χ2n) is 12.6. The van der Waals surface area contributed by atoms with Crippen molar-refractivity contribution in [3.63, 3.8) is 0 Å². The number of rotatable bonds is 10. The highest BCUT2D eigenvalue weighted by Gasteiger charge is 2.47. The molecule has 10 atom stereocenters. The molecule has 19 nitrogen and oxygen atoms in total. The van der Waals surface area contributed by atoms with Crippen LogP contribution in [0.1, 0.15) is 5.56 Å². The fraction of sp³-hybridized carbons (Fsp3) is 0.333. The van der Waals surface area contributed by atoms with Crippen LogP contribution >= 0.6 is 0 Å². The van der Waals surface area contributed by atoms with Crippen LogP contribution in [0.5, 0.6) is 34.5 Å². The number of ether oxygens (including phenoxy) is 5. The summed E-state index contributed by atoms with van der Waals surface area (Å²) >= 11 is 0. The second-order valence-corrected chi connectivity index (χ2v) is 12.6. The highest BCUT2D eigenvalue weighted by molar-refractivity contribution is 5.89. The Morgan fingerprint density at radius 3 is 2.00 bits per heavy atom. The number of aliphatic hydroxyl groups is 7. The molecule has 2 saturated heterocycles. The molecule has 2 aliphatic rings. The summed E-state index contributed by atoms with van der Waals surface area (Å²) in [7, 11) is 0. The minimum absolute atomic E-state index is 0.0149. The summed E-state index contributed by atoms with van der Waals surface area (Å²) in [5.74, 6) is -4.45. The average molecular weight is 773 g/mol. The molecule has 1 aromatic heterocycles. The molecule has 3 heterocycles. The number of esters is 1. The Kier molecular flexibility index (Phi) is 11.5. The first-order chi connectivity index (χ1) is 26.2. The van der Waals surface area contributed by atoms with E-state index < -0.39 is 126 Å². The van der Waals surface area contributed by atoms with Crippen LogP contribution in [-0.4, -0.2) is 137 Å². The number of phenols is 4. The number of phenolic OH excluding ortho intramolecular Hbond substituents is 4. The van der Waals surface area contributed by atoms with Crippen LogP contribution in [0.2, 0.25) is 0 Å². The van der Waals surface area contributed by atoms with Gasteiger partial charge in [0.1, 0.15) is 83.7 Å². The fourth-order valence-corrected chi connectivity index (χ4v) is 5.82. The van der Waals surface area contributed by atoms with Gasteiger partial charge in [0.25, 0.3) is 0 Å². The fourth-order valence-electron chi connectivity index (χ4n) is 5.82. The van der Waals surface area contributed by atoms with E-state index in [2.05, 4.69) is 0 Å². The van der Waals surface area contributed by atoms with Crippen LogP contribution in [0.15, 0.2) is 69.9 Å². The van der Waals surface area contributed by atoms with Gasteiger partial charge in [0, 0.05) is 23.8 Å². The van der Waals surface area contributed by atoms with Gasteiger partial charge >= 0.3 is 5.97 Å². The molecule has 0 saturated carbocycles. The van der Waals surface area contributed by atoms with Gasteiger partial charge in [0.2, 0.25) is 23.8 Å². The van der Waals surface area contributed by atoms with E-state index in [-0.39, 0.29) is 17.1 Å². The van der Waals surface area contributed by atoms with Crippen LogP contribution in [0, 0.1) is 0 Å². The summed E-state index contributed by atoms with van der Waals surface area (Å²) in [5.41, 5.74) is -1.07. The number of carbonyl (C=O) groups excluding carboxylic acids is 1. The molecule has 0 spiro atoms. The van der Waals surface area contributed by atoms with E-state index in [1.165, 1.54) is 36.4 Å². The third-order valence-electron chi connectivity index (χ3n) is 8.84. The van der Waals surface area contributed by atoms with Crippen LogP contribution < -0.4 is 14.9 Å². The number of aromatic hydroxyl groups is 4. The summed E-state index contributed by atoms with van der Waals surface area (Å²) in [5, 5.41) is 112. The van der Waals surface area contributed by atoms with Gasteiger partial charge in [0.15, 0.2) is 17.3 Å². The Labute approximate surface area is 308 Å². The Bertz CT molecular complexity index is 2100. The predicted octanol–water partition coefficient (Wildman–Crippen LogP) is -1.10. The molecule has 0 bridgehead atoms. The highest BCUT2D eigenvalue weighted by Crippen LogP contribution is 2.40. The zero-order valence-electron chi connectivity index (χ0n) is 28.2. The van der Waals surface area contributed by atoms with Crippen molar-refractivity contribution in [2.75, 3.05) is 13.2 Å². The Morgan fingerprint density at radius 2 is 1.35 bits per heavy atom. The quantitative estimate of drug-likeness (QED) is 0.0518. The van der Waals surface area contributed by atoms with Gasteiger partial charge in [-0.05, 0) is 42.0 Å². The monoisotopic (exact) mass is 772 g/mol. The van der Waals surface area contributed by atoms with Crippen LogP contribution in [0.25, 0.3) is 28.4 Å². The van der Waals surface area contributed by atoms with E-state index in [0.29, 0.717) is 5.56 Å². The lowest BCUT2D eigenvalue weighted by atomic mass is 9.99. The van der Waals surface area contributed by atoms with E-state index in [1.807, 2.05) is 0 Å². The minimum Gasteiger partial charge on any atom is -0.508 e. The van der Waals surface area contributed by atoms with Gasteiger partial charge in [-0.15, -0.1) is 0 Å². The van der Waals surface area contributed by atoms with Crippen LogP contribution in [0.4, 0.5) is 0 Å². The Morgan fingerprint density at radius 1 is 0.709 bits per heavy atom. The molecule has 2 aliphatic heterocycles. The lowest BCUT2D eigenvalue weighted by Crippen LogP contribution is -2.60. The zero-order valence-corrected chi connectivity index (χ0v) is 28.2. The standard InChI is InChI=1S/C36H36O19/c37-12-22-26(43)29(46)31(48)35(53-22)51-17-10-20(41)25-21(11-17)52-33(15-4-7-18(39)19(40)9-15)34(28(25)45)55-36-32(49)30(47)27(44)23(54-36)13-50-24(42)8-3-14-1-5-16(38)6-2-14/h1-11,22-23,26-27,29-32,35-41,43-44,46-49H,12-13H2/b8-3+/t22-,23+,26-,27-,29-,30-,31-,32+,35+,36-/m0/s1. The minimum atomic E-state index is -2.03. The summed E-state index contributed by atoms with van der Waals surface area (Å²) < 4.78 is 33.4. The number of carbonyl (C=O) groups is 1. The molecule has 0 amide bonds. The first-order valence-electron chi connectivity index (χ1n) is 16.5. The van der Waals surface area contributed by atoms with E-state index in [0.717, 1.165) is 30.3 Å². The molecular formula is C36H36O19. The van der Waals surface area contributed by atoms with Crippen molar-refractivity contribution in [2.45, 2.75) is 61.4 Å². The molecule has 4 aromatic rings. The summed E-state index contributed by atoms with van der Waals surface area (Å²) in [6, 6.07) is 11.0. The number of hydrogen-bond acceptors (Lipinski definition) is 19. The third-order valence-corrected chi connectivity index (χ3v) is 8.84. The summed E-state index contributed by atoms with van der Waals surface area (Å²) in [6.45, 7) is -1.43. The maximum absolute atomic E-state index is 14.0. The lowest BCUT2D eigenvalue weighted by molar-refractivity contribution is -0.278. The Hall–Kier alpha value is -5.48. The second kappa shape index (κ2) is 16.1. The number of fused-ring (bicyclic) bond motifs is 1. The summed E-state index contributed by atoms with van der Waals surface area (Å²) in [4.78, 5) is 26.4. The van der Waals surface area contributed by atoms with Gasteiger partial charge < -0.3 is 84.3 Å². The van der Waals surface area contributed by atoms with Crippen LogP contribution in [0.3, 0.4) is 0 Å². The van der Waals surface area contributed by atoms with Crippen molar-refractivity contribution in [3.05, 3.63) is 76.5 Å². The molecule has 11 N–H and O–H groups in total. The summed E-state index contributed by atoms with van der Waals surface area (Å²) in [6.07, 6.45) is -15.2. The van der Waals surface area contributed by atoms with Gasteiger partial charge in [0.05, 0.1) is 6.61 Å². The van der Waals surface area contributed by atoms with Crippen molar-refractivity contribution < 1.29 is 89.1 Å². The molecular weight excluding hydrogens is 736 g/mol. The van der Waals surface area contributed by atoms with E-state index in [9.17, 15) is 65.8 Å². The van der Waals surface area contributed by atoms with E-state index in [1.54, 1.807) is 0 Å². The SMILES string of the molecule is O=C(/C=C/c1ccc(O)cc1)OC[C@H]1O[C@@H](Oc2c(-c3ccc(O)c(O)c3)oc3cc(O[C@@H]4O[C@@H](CO)[C@H](O)[C@H](O)[C@@H]4O)cc(O)c3c2=O)[C@H](O)[C@@H](O)[C@H]1O. The predicted molar refractivity (Wildman–Crippen MR) is 183 cm³/mol. The van der Waals surface area contributed by atoms with Gasteiger partial charge in [-0.25, -0.2) is 4.79 Å². The molecule has 6 rings (SSSR count). The maximum Gasteiger partial charge on any atom is 0.330 e. The third kappa shape index (κ3) is 8.15. The Balaban J connectivity index is 1.31. The van der Waals surface area contributed by atoms with Gasteiger partial charge in [-0.3, -0.25) is 4.79 Å². The average Bonchev–Trinajstić information content (AvgIpc) is 3.16. The number of hydrogen-bond donors (Lipinski definition) is 11. The highest BCUT2D eigenvalue weighted by atomic mass is 16.7. The topological polar surface area (TPSA) is 316 Å². The van der Waals surface area contributed by atoms with Gasteiger partial charge in [-0.2, -0.15) is 0 Å². The van der Waals surface area contributed by atoms with E-state index >= 15 is 0 Å². The molecule has 0 aliphatic carbocycles. The van der Waals surface area contributed by atoms with Crippen molar-refractivity contribution in [2.24, 2.45) is 0 Å². The molecule has 0 radical (unpaired) electrons. The molecule has 0 unspecified atom stereocenters. The zero-order chi connectivity index (χ0) is 39.7. The number of benzene rings is 3. The molecule has 2 fully saturated rings. The van der Waals surface area contributed by atoms with Crippen molar-refractivity contribution >= 4 is 23.0 Å². The first kappa shape index (κ1) is 39.2.